The maximum Gasteiger partial charge on any atom is 0.191 e. The molecule has 0 saturated heterocycles. The van der Waals surface area contributed by atoms with E-state index in [2.05, 4.69) is 63.7 Å². The van der Waals surface area contributed by atoms with Crippen LogP contribution in [-0.4, -0.2) is 34.2 Å². The van der Waals surface area contributed by atoms with E-state index < -0.39 is 0 Å². The first-order valence-corrected chi connectivity index (χ1v) is 8.50. The molecule has 1 heterocycles. The highest BCUT2D eigenvalue weighted by Gasteiger charge is 2.07. The largest absolute Gasteiger partial charge is 0.354 e. The Bertz CT molecular complexity index is 633. The van der Waals surface area contributed by atoms with Crippen molar-refractivity contribution in [3.05, 3.63) is 36.2 Å². The summed E-state index contributed by atoms with van der Waals surface area (Å²) < 4.78 is 0. The molecule has 3 N–H and O–H groups in total. The fourth-order valence-corrected chi connectivity index (χ4v) is 2.44. The van der Waals surface area contributed by atoms with Gasteiger partial charge in [-0.05, 0) is 37.3 Å². The Labute approximate surface area is 144 Å². The minimum Gasteiger partial charge on any atom is -0.354 e. The molecule has 24 heavy (non-hydrogen) atoms. The highest BCUT2D eigenvalue weighted by Crippen LogP contribution is 2.15. The highest BCUT2D eigenvalue weighted by molar-refractivity contribution is 5.79. The van der Waals surface area contributed by atoms with Crippen molar-refractivity contribution in [2.24, 2.45) is 10.9 Å². The summed E-state index contributed by atoms with van der Waals surface area (Å²) in [5.74, 6) is 2.33. The van der Waals surface area contributed by atoms with Crippen molar-refractivity contribution in [1.82, 2.24) is 25.8 Å². The summed E-state index contributed by atoms with van der Waals surface area (Å²) in [4.78, 5) is 8.50. The van der Waals surface area contributed by atoms with Crippen molar-refractivity contribution in [2.45, 2.75) is 46.2 Å². The minimum absolute atomic E-state index is 0.402. The van der Waals surface area contributed by atoms with Gasteiger partial charge in [0.1, 0.15) is 6.33 Å². The summed E-state index contributed by atoms with van der Waals surface area (Å²) in [7, 11) is 1.80. The van der Waals surface area contributed by atoms with Crippen LogP contribution < -0.4 is 10.6 Å². The van der Waals surface area contributed by atoms with Gasteiger partial charge in [-0.15, -0.1) is 0 Å². The van der Waals surface area contributed by atoms with Gasteiger partial charge in [0.05, 0.1) is 0 Å². The Morgan fingerprint density at radius 1 is 1.25 bits per heavy atom. The smallest absolute Gasteiger partial charge is 0.191 e. The van der Waals surface area contributed by atoms with E-state index in [1.54, 1.807) is 7.05 Å². The average Bonchev–Trinajstić information content (AvgIpc) is 3.11. The van der Waals surface area contributed by atoms with E-state index in [4.69, 9.17) is 0 Å². The quantitative estimate of drug-likeness (QED) is 0.539. The van der Waals surface area contributed by atoms with E-state index in [-0.39, 0.29) is 0 Å². The Hall–Kier alpha value is -2.37. The number of aliphatic imine (C=N–C) groups is 1. The molecule has 0 saturated carbocycles. The first-order chi connectivity index (χ1) is 11.6. The number of nitrogens with zero attached hydrogens (tertiary/aromatic N) is 3. The van der Waals surface area contributed by atoms with Crippen LogP contribution in [0.15, 0.2) is 35.6 Å². The van der Waals surface area contributed by atoms with E-state index >= 15 is 0 Å². The third kappa shape index (κ3) is 5.68. The number of hydrogen-bond donors (Lipinski definition) is 3. The van der Waals surface area contributed by atoms with Gasteiger partial charge in [-0.2, -0.15) is 5.10 Å². The molecule has 0 amide bonds. The Morgan fingerprint density at radius 3 is 2.75 bits per heavy atom. The number of nitrogens with one attached hydrogen (secondary N) is 3. The van der Waals surface area contributed by atoms with Crippen molar-refractivity contribution in [3.8, 4) is 11.4 Å². The van der Waals surface area contributed by atoms with Crippen LogP contribution in [-0.2, 0) is 6.54 Å². The zero-order chi connectivity index (χ0) is 17.4. The summed E-state index contributed by atoms with van der Waals surface area (Å²) in [6, 6.07) is 8.63. The molecule has 1 unspecified atom stereocenters. The van der Waals surface area contributed by atoms with Crippen LogP contribution in [0.4, 0.5) is 0 Å². The zero-order valence-corrected chi connectivity index (χ0v) is 15.0. The predicted molar refractivity (Wildman–Crippen MR) is 98.7 cm³/mol. The Morgan fingerprint density at radius 2 is 2.08 bits per heavy atom. The molecule has 6 nitrogen and oxygen atoms in total. The number of rotatable bonds is 7. The number of aromatic nitrogens is 3. The Balaban J connectivity index is 1.88. The lowest BCUT2D eigenvalue weighted by Crippen LogP contribution is -2.41. The molecule has 1 aromatic carbocycles. The number of hydrogen-bond acceptors (Lipinski definition) is 3. The van der Waals surface area contributed by atoms with Crippen molar-refractivity contribution < 1.29 is 0 Å². The van der Waals surface area contributed by atoms with Gasteiger partial charge in [0, 0.05) is 25.2 Å². The van der Waals surface area contributed by atoms with E-state index in [1.165, 1.54) is 18.3 Å². The van der Waals surface area contributed by atoms with Crippen LogP contribution >= 0.6 is 0 Å². The van der Waals surface area contributed by atoms with Gasteiger partial charge in [0.25, 0.3) is 0 Å². The van der Waals surface area contributed by atoms with Gasteiger partial charge >= 0.3 is 0 Å². The lowest BCUT2D eigenvalue weighted by atomic mass is 10.0. The number of benzene rings is 1. The van der Waals surface area contributed by atoms with E-state index in [0.29, 0.717) is 12.6 Å². The molecule has 0 bridgehead atoms. The first-order valence-electron chi connectivity index (χ1n) is 8.50. The van der Waals surface area contributed by atoms with E-state index in [1.807, 2.05) is 12.1 Å². The molecule has 2 aromatic rings. The molecule has 2 rings (SSSR count). The number of guanidine groups is 1. The summed E-state index contributed by atoms with van der Waals surface area (Å²) in [6.07, 6.45) is 3.87. The molecule has 0 fully saturated rings. The van der Waals surface area contributed by atoms with Gasteiger partial charge in [0.15, 0.2) is 11.8 Å². The average molecular weight is 328 g/mol. The van der Waals surface area contributed by atoms with Gasteiger partial charge in [0.2, 0.25) is 0 Å². The number of aromatic amines is 1. The van der Waals surface area contributed by atoms with Gasteiger partial charge in [-0.3, -0.25) is 10.1 Å². The highest BCUT2D eigenvalue weighted by atomic mass is 15.2. The normalized spacial score (nSPS) is 13.1. The lowest BCUT2D eigenvalue weighted by Gasteiger charge is -2.18. The first kappa shape index (κ1) is 18.0. The summed E-state index contributed by atoms with van der Waals surface area (Å²) in [5.41, 5.74) is 2.20. The predicted octanol–water partition coefficient (Wildman–Crippen LogP) is 2.96. The summed E-state index contributed by atoms with van der Waals surface area (Å²) in [6.45, 7) is 7.40. The molecule has 1 atom stereocenters. The number of H-pyrrole nitrogens is 1. The molecule has 1 aromatic heterocycles. The molecule has 0 radical (unpaired) electrons. The van der Waals surface area contributed by atoms with Crippen molar-refractivity contribution >= 4 is 5.96 Å². The maximum absolute atomic E-state index is 4.31. The monoisotopic (exact) mass is 328 g/mol. The molecule has 0 aliphatic carbocycles. The fraction of sp³-hybridized carbons (Fsp3) is 0.500. The zero-order valence-electron chi connectivity index (χ0n) is 15.0. The van der Waals surface area contributed by atoms with Crippen LogP contribution in [0.2, 0.25) is 0 Å². The molecule has 0 spiro atoms. The van der Waals surface area contributed by atoms with Crippen LogP contribution in [0.25, 0.3) is 11.4 Å². The SMILES string of the molecule is CN=C(NCc1cccc(-c2ncn[nH]2)c1)NC(C)CCC(C)C. The van der Waals surface area contributed by atoms with Crippen LogP contribution in [0, 0.1) is 5.92 Å². The van der Waals surface area contributed by atoms with Crippen molar-refractivity contribution in [3.63, 3.8) is 0 Å². The summed E-state index contributed by atoms with van der Waals surface area (Å²) >= 11 is 0. The standard InChI is InChI=1S/C18H28N6/c1-13(2)8-9-14(3)23-18(19-4)20-11-15-6-5-7-16(10-15)17-21-12-22-24-17/h5-7,10,12-14H,8-9,11H2,1-4H3,(H2,19,20,23)(H,21,22,24). The molecule has 130 valence electrons. The molecule has 0 aliphatic heterocycles. The van der Waals surface area contributed by atoms with Crippen LogP contribution in [0.5, 0.6) is 0 Å². The fourth-order valence-electron chi connectivity index (χ4n) is 2.44. The second-order valence-electron chi connectivity index (χ2n) is 6.48. The van der Waals surface area contributed by atoms with E-state index in [0.717, 1.165) is 29.7 Å². The lowest BCUT2D eigenvalue weighted by molar-refractivity contribution is 0.489. The molecule has 6 heteroatoms. The van der Waals surface area contributed by atoms with Crippen LogP contribution in [0.3, 0.4) is 0 Å². The minimum atomic E-state index is 0.402. The second-order valence-corrected chi connectivity index (χ2v) is 6.48. The van der Waals surface area contributed by atoms with Gasteiger partial charge < -0.3 is 10.6 Å². The van der Waals surface area contributed by atoms with Crippen LogP contribution in [0.1, 0.15) is 39.2 Å². The molecular weight excluding hydrogens is 300 g/mol. The third-order valence-electron chi connectivity index (χ3n) is 3.86. The molecular formula is C18H28N6. The third-order valence-corrected chi connectivity index (χ3v) is 3.86. The topological polar surface area (TPSA) is 78.0 Å². The van der Waals surface area contributed by atoms with E-state index in [9.17, 15) is 0 Å². The summed E-state index contributed by atoms with van der Waals surface area (Å²) in [5, 5.41) is 13.6. The van der Waals surface area contributed by atoms with Gasteiger partial charge in [-0.25, -0.2) is 4.98 Å². The molecule has 0 aliphatic rings. The van der Waals surface area contributed by atoms with Gasteiger partial charge in [-0.1, -0.05) is 32.0 Å². The van der Waals surface area contributed by atoms with Crippen molar-refractivity contribution in [1.29, 1.82) is 0 Å². The maximum atomic E-state index is 4.31. The second kappa shape index (κ2) is 9.05. The van der Waals surface area contributed by atoms with Crippen molar-refractivity contribution in [2.75, 3.05) is 7.05 Å². The Kier molecular flexibility index (Phi) is 6.78.